The van der Waals surface area contributed by atoms with E-state index in [0.717, 1.165) is 28.9 Å². The first-order chi connectivity index (χ1) is 19.5. The first kappa shape index (κ1) is 27.5. The zero-order chi connectivity index (χ0) is 28.1. The number of phenolic OH excluding ortho intramolecular Hbond substituents is 1. The molecule has 0 spiro atoms. The van der Waals surface area contributed by atoms with Crippen LogP contribution in [-0.2, 0) is 20.7 Å². The maximum Gasteiger partial charge on any atom is 0.249 e. The number of halogens is 1. The van der Waals surface area contributed by atoms with Gasteiger partial charge in [0.2, 0.25) is 5.91 Å². The number of carbonyl (C=O) groups excluding carboxylic acids is 1. The molecule has 0 aliphatic carbocycles. The molecule has 2 aromatic heterocycles. The second kappa shape index (κ2) is 12.4. The number of aromatic nitrogens is 4. The van der Waals surface area contributed by atoms with Crippen LogP contribution in [0.25, 0.3) is 39.1 Å². The van der Waals surface area contributed by atoms with Gasteiger partial charge in [0.25, 0.3) is 0 Å². The summed E-state index contributed by atoms with van der Waals surface area (Å²) in [6.45, 7) is 5.40. The van der Waals surface area contributed by atoms with E-state index in [4.69, 9.17) is 9.47 Å². The van der Waals surface area contributed by atoms with Crippen LogP contribution in [0.15, 0.2) is 42.6 Å². The highest BCUT2D eigenvalue weighted by Crippen LogP contribution is 2.35. The summed E-state index contributed by atoms with van der Waals surface area (Å²) in [5, 5.41) is 20.8. The Morgan fingerprint density at radius 1 is 1.20 bits per heavy atom. The fraction of sp³-hybridized carbons (Fsp3) is 0.345. The number of carbonyl (C=O) groups is 1. The lowest BCUT2D eigenvalue weighted by atomic mass is 9.96. The van der Waals surface area contributed by atoms with Crippen LogP contribution >= 0.6 is 0 Å². The molecule has 0 bridgehead atoms. The van der Waals surface area contributed by atoms with Gasteiger partial charge in [-0.05, 0) is 41.3 Å². The SMILES string of the molecule is CCc1cc(O)ccc1-c1ccc2c(-c3ncc(C4=CCN(C(=O)COCCNCCOC)C4)[nH]3)[nH]nc2c1F. The highest BCUT2D eigenvalue weighted by atomic mass is 19.1. The molecule has 5 rings (SSSR count). The highest BCUT2D eigenvalue weighted by molar-refractivity contribution is 5.95. The number of amides is 1. The first-order valence-corrected chi connectivity index (χ1v) is 13.3. The van der Waals surface area contributed by atoms with Crippen LogP contribution in [0, 0.1) is 5.82 Å². The van der Waals surface area contributed by atoms with Crippen molar-refractivity contribution in [3.8, 4) is 28.4 Å². The van der Waals surface area contributed by atoms with Crippen LogP contribution in [0.1, 0.15) is 18.2 Å². The van der Waals surface area contributed by atoms with Gasteiger partial charge < -0.3 is 29.8 Å². The summed E-state index contributed by atoms with van der Waals surface area (Å²) in [7, 11) is 1.65. The summed E-state index contributed by atoms with van der Waals surface area (Å²) >= 11 is 0. The van der Waals surface area contributed by atoms with E-state index < -0.39 is 5.82 Å². The summed E-state index contributed by atoms with van der Waals surface area (Å²) in [5.74, 6) is 0.165. The molecule has 210 valence electrons. The minimum atomic E-state index is -0.437. The van der Waals surface area contributed by atoms with Crippen LogP contribution in [0.3, 0.4) is 0 Å². The van der Waals surface area contributed by atoms with Crippen molar-refractivity contribution in [2.24, 2.45) is 0 Å². The maximum atomic E-state index is 15.6. The molecule has 11 heteroatoms. The number of aromatic amines is 2. The van der Waals surface area contributed by atoms with Gasteiger partial charge in [0.05, 0.1) is 25.1 Å². The molecule has 1 aliphatic rings. The van der Waals surface area contributed by atoms with Crippen LogP contribution in [0.4, 0.5) is 4.39 Å². The molecular formula is C29H33FN6O4. The summed E-state index contributed by atoms with van der Waals surface area (Å²) in [6.07, 6.45) is 4.35. The smallest absolute Gasteiger partial charge is 0.249 e. The fourth-order valence-electron chi connectivity index (χ4n) is 4.82. The third-order valence-corrected chi connectivity index (χ3v) is 6.99. The lowest BCUT2D eigenvalue weighted by Gasteiger charge is -2.16. The molecule has 0 atom stereocenters. The van der Waals surface area contributed by atoms with E-state index in [1.807, 2.05) is 19.1 Å². The minimum absolute atomic E-state index is 0.0267. The number of methoxy groups -OCH3 is 1. The number of nitrogens with zero attached hydrogens (tertiary/aromatic N) is 3. The van der Waals surface area contributed by atoms with Gasteiger partial charge in [-0.1, -0.05) is 25.1 Å². The standard InChI is InChI=1S/C29H33FN6O4/c1-3-18-14-20(37)4-5-21(18)22-6-7-23-27(26(22)30)34-35-28(23)29-32-15-24(33-29)19-8-11-36(16-19)25(38)17-40-13-10-31-9-12-39-2/h4-8,14-15,31,37H,3,9-13,16-17H2,1-2H3,(H,32,33)(H,34,35). The van der Waals surface area contributed by atoms with Gasteiger partial charge in [0.1, 0.15) is 23.6 Å². The number of hydrogen-bond acceptors (Lipinski definition) is 7. The number of aryl methyl sites for hydroxylation is 1. The molecule has 0 fully saturated rings. The number of hydrogen-bond donors (Lipinski definition) is 4. The highest BCUT2D eigenvalue weighted by Gasteiger charge is 2.23. The molecule has 3 heterocycles. The largest absolute Gasteiger partial charge is 0.508 e. The van der Waals surface area contributed by atoms with E-state index in [0.29, 0.717) is 61.7 Å². The first-order valence-electron chi connectivity index (χ1n) is 13.3. The van der Waals surface area contributed by atoms with Gasteiger partial charge in [-0.25, -0.2) is 9.37 Å². The summed E-state index contributed by atoms with van der Waals surface area (Å²) in [6, 6.07) is 8.49. The molecule has 4 aromatic rings. The molecule has 1 aliphatic heterocycles. The average molecular weight is 549 g/mol. The van der Waals surface area contributed by atoms with Gasteiger partial charge in [-0.15, -0.1) is 0 Å². The maximum absolute atomic E-state index is 15.6. The van der Waals surface area contributed by atoms with Crippen molar-refractivity contribution >= 4 is 22.4 Å². The summed E-state index contributed by atoms with van der Waals surface area (Å²) < 4.78 is 26.1. The van der Waals surface area contributed by atoms with Crippen molar-refractivity contribution < 1.29 is 23.8 Å². The lowest BCUT2D eigenvalue weighted by Crippen LogP contribution is -2.33. The molecule has 0 saturated heterocycles. The normalized spacial score (nSPS) is 13.4. The quantitative estimate of drug-likeness (QED) is 0.200. The van der Waals surface area contributed by atoms with Crippen molar-refractivity contribution in [3.63, 3.8) is 0 Å². The van der Waals surface area contributed by atoms with Crippen LogP contribution in [0.5, 0.6) is 5.75 Å². The third kappa shape index (κ3) is 5.76. The van der Waals surface area contributed by atoms with Crippen molar-refractivity contribution in [1.82, 2.24) is 30.4 Å². The molecule has 40 heavy (non-hydrogen) atoms. The number of nitrogens with one attached hydrogen (secondary N) is 3. The number of phenols is 1. The molecule has 1 amide bonds. The summed E-state index contributed by atoms with van der Waals surface area (Å²) in [4.78, 5) is 22.1. The predicted molar refractivity (Wildman–Crippen MR) is 150 cm³/mol. The lowest BCUT2D eigenvalue weighted by molar-refractivity contribution is -0.134. The second-order valence-corrected chi connectivity index (χ2v) is 9.56. The van der Waals surface area contributed by atoms with E-state index in [-0.39, 0.29) is 23.8 Å². The van der Waals surface area contributed by atoms with Crippen LogP contribution in [-0.4, -0.2) is 89.2 Å². The Kier molecular flexibility index (Phi) is 8.54. The van der Waals surface area contributed by atoms with E-state index in [2.05, 4.69) is 25.5 Å². The Morgan fingerprint density at radius 3 is 2.85 bits per heavy atom. The Labute approximate surface area is 231 Å². The minimum Gasteiger partial charge on any atom is -0.508 e. The van der Waals surface area contributed by atoms with Crippen molar-refractivity contribution in [2.75, 3.05) is 53.1 Å². The topological polar surface area (TPSA) is 128 Å². The van der Waals surface area contributed by atoms with Gasteiger partial charge in [-0.3, -0.25) is 9.89 Å². The van der Waals surface area contributed by atoms with E-state index >= 15 is 4.39 Å². The fourth-order valence-corrected chi connectivity index (χ4v) is 4.82. The molecule has 0 radical (unpaired) electrons. The number of aromatic hydroxyl groups is 1. The van der Waals surface area contributed by atoms with Crippen molar-refractivity contribution in [1.29, 1.82) is 0 Å². The zero-order valence-electron chi connectivity index (χ0n) is 22.6. The van der Waals surface area contributed by atoms with Crippen LogP contribution < -0.4 is 5.32 Å². The number of benzene rings is 2. The van der Waals surface area contributed by atoms with E-state index in [9.17, 15) is 9.90 Å². The number of imidazole rings is 1. The molecule has 10 nitrogen and oxygen atoms in total. The summed E-state index contributed by atoms with van der Waals surface area (Å²) in [5.41, 5.74) is 4.52. The molecular weight excluding hydrogens is 515 g/mol. The van der Waals surface area contributed by atoms with Gasteiger partial charge in [0, 0.05) is 44.2 Å². The third-order valence-electron chi connectivity index (χ3n) is 6.99. The molecule has 0 unspecified atom stereocenters. The zero-order valence-corrected chi connectivity index (χ0v) is 22.6. The van der Waals surface area contributed by atoms with E-state index in [1.54, 1.807) is 42.5 Å². The van der Waals surface area contributed by atoms with Crippen LogP contribution in [0.2, 0.25) is 0 Å². The second-order valence-electron chi connectivity index (χ2n) is 9.56. The number of rotatable bonds is 12. The molecule has 2 aromatic carbocycles. The van der Waals surface area contributed by atoms with Gasteiger partial charge >= 0.3 is 0 Å². The monoisotopic (exact) mass is 548 g/mol. The Balaban J connectivity index is 1.24. The Bertz CT molecular complexity index is 1530. The van der Waals surface area contributed by atoms with Gasteiger partial charge in [0.15, 0.2) is 11.6 Å². The van der Waals surface area contributed by atoms with Gasteiger partial charge in [-0.2, -0.15) is 5.10 Å². The number of fused-ring (bicyclic) bond motifs is 1. The van der Waals surface area contributed by atoms with E-state index in [1.165, 1.54) is 0 Å². The Morgan fingerprint density at radius 2 is 2.02 bits per heavy atom. The van der Waals surface area contributed by atoms with Crippen molar-refractivity contribution in [2.45, 2.75) is 13.3 Å². The number of H-pyrrole nitrogens is 2. The molecule has 0 saturated carbocycles. The number of ether oxygens (including phenoxy) is 2. The predicted octanol–water partition coefficient (Wildman–Crippen LogP) is 3.51. The average Bonchev–Trinajstić information content (AvgIpc) is 3.72. The Hall–Kier alpha value is -4.06. The molecule has 4 N–H and O–H groups in total. The van der Waals surface area contributed by atoms with Crippen molar-refractivity contribution in [3.05, 3.63) is 59.7 Å².